The zero-order chi connectivity index (χ0) is 19.3. The quantitative estimate of drug-likeness (QED) is 0.810. The van der Waals surface area contributed by atoms with Crippen LogP contribution in [0.25, 0.3) is 0 Å². The molecule has 1 N–H and O–H groups in total. The highest BCUT2D eigenvalue weighted by Crippen LogP contribution is 2.26. The summed E-state index contributed by atoms with van der Waals surface area (Å²) in [5, 5.41) is 11.4. The molecule has 2 aromatic rings. The number of nitrogens with zero attached hydrogens (tertiary/aromatic N) is 3. The summed E-state index contributed by atoms with van der Waals surface area (Å²) in [6, 6.07) is 11.3. The van der Waals surface area contributed by atoms with Crippen LogP contribution in [0.5, 0.6) is 5.75 Å². The van der Waals surface area contributed by atoms with Gasteiger partial charge < -0.3 is 15.0 Å². The number of aromatic nitrogens is 2. The Kier molecular flexibility index (Phi) is 5.95. The van der Waals surface area contributed by atoms with Gasteiger partial charge in [0.15, 0.2) is 11.0 Å². The molecule has 1 saturated heterocycles. The van der Waals surface area contributed by atoms with E-state index in [1.807, 2.05) is 30.3 Å². The fraction of sp³-hybridized carbons (Fsp3) is 0.476. The lowest BCUT2D eigenvalue weighted by Crippen LogP contribution is -2.38. The van der Waals surface area contributed by atoms with Crippen molar-refractivity contribution in [3.05, 3.63) is 41.6 Å². The summed E-state index contributed by atoms with van der Waals surface area (Å²) in [6.07, 6.45) is 6.70. The number of carbonyl (C=O) groups excluding carboxylic acids is 1. The molecule has 28 heavy (non-hydrogen) atoms. The molecule has 1 aromatic heterocycles. The third-order valence-electron chi connectivity index (χ3n) is 5.53. The van der Waals surface area contributed by atoms with Crippen molar-refractivity contribution in [2.75, 3.05) is 23.3 Å². The average Bonchev–Trinajstić information content (AvgIpc) is 3.23. The average molecular weight is 401 g/mol. The number of anilines is 2. The van der Waals surface area contributed by atoms with Crippen LogP contribution in [0.1, 0.15) is 38.5 Å². The first kappa shape index (κ1) is 19.0. The third kappa shape index (κ3) is 4.73. The maximum atomic E-state index is 12.6. The highest BCUT2D eigenvalue weighted by Gasteiger charge is 2.26. The van der Waals surface area contributed by atoms with Gasteiger partial charge in [0.25, 0.3) is 0 Å². The van der Waals surface area contributed by atoms with Crippen molar-refractivity contribution in [2.24, 2.45) is 5.92 Å². The standard InChI is InChI=1S/C21H25ClN4O2/c22-19-9-10-20(25-24-19)26-13-11-15(12-14-26)21(27)23-16-5-7-18(8-6-16)28-17-3-1-2-4-17/h5-10,15,17H,1-4,11-14H2,(H,23,27). The Bertz CT molecular complexity index is 783. The molecule has 0 spiro atoms. The molecule has 1 saturated carbocycles. The number of carbonyl (C=O) groups is 1. The van der Waals surface area contributed by atoms with Crippen molar-refractivity contribution >= 4 is 29.0 Å². The number of rotatable bonds is 5. The monoisotopic (exact) mass is 400 g/mol. The summed E-state index contributed by atoms with van der Waals surface area (Å²) >= 11 is 5.79. The summed E-state index contributed by atoms with van der Waals surface area (Å²) in [4.78, 5) is 14.8. The van der Waals surface area contributed by atoms with Gasteiger partial charge in [-0.25, -0.2) is 0 Å². The second-order valence-corrected chi connectivity index (χ2v) is 7.90. The number of piperidine rings is 1. The third-order valence-corrected chi connectivity index (χ3v) is 5.74. The molecule has 2 aliphatic rings. The topological polar surface area (TPSA) is 67.3 Å². The molecule has 1 amide bonds. The Hall–Kier alpha value is -2.34. The minimum atomic E-state index is 0.00549. The number of hydrogen-bond donors (Lipinski definition) is 1. The molecule has 1 aliphatic carbocycles. The fourth-order valence-electron chi connectivity index (χ4n) is 3.91. The van der Waals surface area contributed by atoms with Crippen LogP contribution in [0.15, 0.2) is 36.4 Å². The van der Waals surface area contributed by atoms with Gasteiger partial charge in [0.05, 0.1) is 6.10 Å². The molecule has 0 bridgehead atoms. The first-order valence-electron chi connectivity index (χ1n) is 9.99. The number of ether oxygens (including phenoxy) is 1. The van der Waals surface area contributed by atoms with E-state index in [0.717, 1.165) is 56.0 Å². The van der Waals surface area contributed by atoms with E-state index in [1.54, 1.807) is 6.07 Å². The van der Waals surface area contributed by atoms with Crippen molar-refractivity contribution in [2.45, 2.75) is 44.6 Å². The van der Waals surface area contributed by atoms with E-state index in [9.17, 15) is 4.79 Å². The molecule has 6 nitrogen and oxygen atoms in total. The molecule has 4 rings (SSSR count). The lowest BCUT2D eigenvalue weighted by molar-refractivity contribution is -0.120. The van der Waals surface area contributed by atoms with Gasteiger partial charge in [0.1, 0.15) is 5.75 Å². The summed E-state index contributed by atoms with van der Waals surface area (Å²) in [5.74, 6) is 1.76. The molecule has 7 heteroatoms. The van der Waals surface area contributed by atoms with Crippen molar-refractivity contribution in [3.63, 3.8) is 0 Å². The summed E-state index contributed by atoms with van der Waals surface area (Å²) < 4.78 is 5.98. The number of hydrogen-bond acceptors (Lipinski definition) is 5. The van der Waals surface area contributed by atoms with Crippen LogP contribution in [0.4, 0.5) is 11.5 Å². The minimum absolute atomic E-state index is 0.00549. The molecule has 0 unspecified atom stereocenters. The molecule has 1 aliphatic heterocycles. The van der Waals surface area contributed by atoms with Gasteiger partial charge in [0.2, 0.25) is 5.91 Å². The van der Waals surface area contributed by atoms with Crippen molar-refractivity contribution in [1.82, 2.24) is 10.2 Å². The smallest absolute Gasteiger partial charge is 0.227 e. The van der Waals surface area contributed by atoms with Gasteiger partial charge in [-0.15, -0.1) is 10.2 Å². The summed E-state index contributed by atoms with van der Waals surface area (Å²) in [7, 11) is 0. The number of halogens is 1. The lowest BCUT2D eigenvalue weighted by atomic mass is 9.96. The Morgan fingerprint density at radius 2 is 1.71 bits per heavy atom. The zero-order valence-corrected chi connectivity index (χ0v) is 16.6. The molecule has 0 atom stereocenters. The van der Waals surface area contributed by atoms with Gasteiger partial charge in [-0.2, -0.15) is 0 Å². The second kappa shape index (κ2) is 8.78. The second-order valence-electron chi connectivity index (χ2n) is 7.51. The molecular formula is C21H25ClN4O2. The predicted molar refractivity (Wildman–Crippen MR) is 110 cm³/mol. The summed E-state index contributed by atoms with van der Waals surface area (Å²) in [6.45, 7) is 1.56. The van der Waals surface area contributed by atoms with Crippen molar-refractivity contribution in [1.29, 1.82) is 0 Å². The number of nitrogens with one attached hydrogen (secondary N) is 1. The maximum Gasteiger partial charge on any atom is 0.227 e. The van der Waals surface area contributed by atoms with Crippen LogP contribution in [-0.4, -0.2) is 35.3 Å². The van der Waals surface area contributed by atoms with Gasteiger partial charge in [0, 0.05) is 24.7 Å². The van der Waals surface area contributed by atoms with Gasteiger partial charge in [-0.3, -0.25) is 4.79 Å². The molecule has 0 radical (unpaired) electrons. The maximum absolute atomic E-state index is 12.6. The highest BCUT2D eigenvalue weighted by molar-refractivity contribution is 6.29. The Balaban J connectivity index is 1.26. The van der Waals surface area contributed by atoms with Gasteiger partial charge >= 0.3 is 0 Å². The Morgan fingerprint density at radius 3 is 2.36 bits per heavy atom. The van der Waals surface area contributed by atoms with E-state index in [2.05, 4.69) is 20.4 Å². The molecular weight excluding hydrogens is 376 g/mol. The van der Waals surface area contributed by atoms with E-state index in [4.69, 9.17) is 16.3 Å². The van der Waals surface area contributed by atoms with Crippen molar-refractivity contribution in [3.8, 4) is 5.75 Å². The number of benzene rings is 1. The van der Waals surface area contributed by atoms with Crippen LogP contribution in [0.2, 0.25) is 5.15 Å². The SMILES string of the molecule is O=C(Nc1ccc(OC2CCCC2)cc1)C1CCN(c2ccc(Cl)nn2)CC1. The van der Waals surface area contributed by atoms with Crippen LogP contribution in [-0.2, 0) is 4.79 Å². The number of amides is 1. The fourth-order valence-corrected chi connectivity index (χ4v) is 4.01. The minimum Gasteiger partial charge on any atom is -0.490 e. The highest BCUT2D eigenvalue weighted by atomic mass is 35.5. The van der Waals surface area contributed by atoms with Crippen LogP contribution in [0.3, 0.4) is 0 Å². The molecule has 2 heterocycles. The van der Waals surface area contributed by atoms with E-state index < -0.39 is 0 Å². The molecule has 148 valence electrons. The van der Waals surface area contributed by atoms with Crippen LogP contribution >= 0.6 is 11.6 Å². The zero-order valence-electron chi connectivity index (χ0n) is 15.8. The first-order chi connectivity index (χ1) is 13.7. The van der Waals surface area contributed by atoms with Crippen LogP contribution in [0, 0.1) is 5.92 Å². The predicted octanol–water partition coefficient (Wildman–Crippen LogP) is 4.31. The first-order valence-corrected chi connectivity index (χ1v) is 10.4. The summed E-state index contributed by atoms with van der Waals surface area (Å²) in [5.41, 5.74) is 0.815. The Labute approximate surface area is 170 Å². The lowest BCUT2D eigenvalue weighted by Gasteiger charge is -2.31. The van der Waals surface area contributed by atoms with E-state index in [-0.39, 0.29) is 11.8 Å². The Morgan fingerprint density at radius 1 is 1.00 bits per heavy atom. The normalized spacial score (nSPS) is 18.2. The van der Waals surface area contributed by atoms with Gasteiger partial charge in [-0.05, 0) is 74.9 Å². The largest absolute Gasteiger partial charge is 0.490 e. The van der Waals surface area contributed by atoms with Crippen LogP contribution < -0.4 is 15.0 Å². The van der Waals surface area contributed by atoms with E-state index >= 15 is 0 Å². The molecule has 2 fully saturated rings. The van der Waals surface area contributed by atoms with E-state index in [0.29, 0.717) is 11.3 Å². The van der Waals surface area contributed by atoms with Gasteiger partial charge in [-0.1, -0.05) is 11.6 Å². The van der Waals surface area contributed by atoms with Crippen molar-refractivity contribution < 1.29 is 9.53 Å². The molecule has 1 aromatic carbocycles. The van der Waals surface area contributed by atoms with E-state index in [1.165, 1.54) is 12.8 Å².